The molecule has 136 heavy (non-hydrogen) atoms. The minimum absolute atomic E-state index is 0.0478. The standard InChI is InChI=1S/C94H93Cl2F6N9O25/c1-40-82(120)91(3,104)35-68(129-40)134-79-49-20-23-63(58(96)28-49)132-65-30-51-29-64(80(65)136-90-81(78(119)77(118)66(39-112)133-90)135-69-36-92(4,83(121)41(2)130-69)106-38-43-12-14-45(15-13-43)44-8-6-5-7-9-44)131-62-22-19-48(27-57(62)95)76(117)74(105-37-42-10-16-46(17-11-42)50-24-52(93(97,98)99)31-53(25-50)94(100,101)102)87(125)107-59(34-67(103)116)84(122)108-72(51)86(124)109-71-47-18-21-60(114)55(26-47)70-56(32-54(113)33-61(70)115)73(89(127)128)110-88(126)75(79)111-85(71)123/h5-33,40-41,59,66,68-69,71-79,81-83,90,105-106,112-115,117-121H,34-39,104H2,1-4H3,(H2,103,116)(H,107,125)(H,108,122)(H,109,124)(H,110,126)(H,111,123)(H,127,128)/t40-,41-,59-,66+,68-,69-,71+,72+,73-,74+,75-,76+,77+,78-,79+,81+,82-,83-,90-,91-,92-/m0/s1. The Balaban J connectivity index is 0.901. The SMILES string of the molecule is C[C@@H]1O[C@@H](O[C@@H]2c3ccc(c(Cl)c3)Oc3cc4cc(c3O[C@@H]3O[C@H](CO)[C@@H](O)[C@H](O)[C@H]3O[C@H]3C[C@](C)(NCc5ccc(-c6ccccc6)cc5)[C@@H](O)[C@H](C)O3)Oc3ccc(cc3Cl)[C@@H](O)[C@@H](NCc3ccc(-c5cc(C(F)(F)F)cc(C(F)(F)F)c5)cc3)C(=O)N[C@@H](CC(N)=O)C(=O)N[C@H]4C(=O)N[C@H]3C(=O)N[C@@H]2C(=O)N[C@H](C(=O)O)c2cc(O)cc(O)c2-c2cc3ccc2O)C[C@](C)(N)[C@H]1O. The van der Waals surface area contributed by atoms with Crippen LogP contribution in [0.2, 0.25) is 10.0 Å². The van der Waals surface area contributed by atoms with Gasteiger partial charge in [-0.3, -0.25) is 34.1 Å². The zero-order valence-corrected chi connectivity index (χ0v) is 73.7. The van der Waals surface area contributed by atoms with Crippen molar-refractivity contribution in [1.29, 1.82) is 0 Å². The van der Waals surface area contributed by atoms with Crippen LogP contribution >= 0.6 is 23.2 Å². The number of aliphatic carboxylic acids is 1. The van der Waals surface area contributed by atoms with E-state index in [1.165, 1.54) is 50.2 Å². The predicted octanol–water partition coefficient (Wildman–Crippen LogP) is 8.59. The topological polar surface area (TPSA) is 532 Å². The Morgan fingerprint density at radius 3 is 1.71 bits per heavy atom. The molecule has 11 bridgehead atoms. The van der Waals surface area contributed by atoms with E-state index in [0.29, 0.717) is 12.1 Å². The molecule has 0 aromatic heterocycles. The first-order valence-corrected chi connectivity index (χ1v) is 43.4. The van der Waals surface area contributed by atoms with Crippen LogP contribution in [-0.2, 0) is 82.7 Å². The third-order valence-electron chi connectivity index (χ3n) is 24.6. The van der Waals surface area contributed by atoms with Gasteiger partial charge in [-0.25, -0.2) is 4.79 Å². The van der Waals surface area contributed by atoms with E-state index in [0.717, 1.165) is 83.4 Å². The molecular formula is C94H93Cl2F6N9O25. The van der Waals surface area contributed by atoms with Gasteiger partial charge in [0.1, 0.15) is 89.5 Å². The molecular weight excluding hydrogens is 1840 g/mol. The lowest BCUT2D eigenvalue weighted by atomic mass is 9.84. The number of nitrogens with two attached hydrogens (primary N) is 2. The maximum atomic E-state index is 16.6. The molecule has 34 nitrogen and oxygen atoms in total. The van der Waals surface area contributed by atoms with Crippen LogP contribution < -0.4 is 62.9 Å². The maximum Gasteiger partial charge on any atom is 0.416 e. The summed E-state index contributed by atoms with van der Waals surface area (Å²) < 4.78 is 137. The third kappa shape index (κ3) is 21.1. The van der Waals surface area contributed by atoms with Crippen LogP contribution in [0.15, 0.2) is 176 Å². The molecule has 3 fully saturated rings. The molecule has 21 N–H and O–H groups in total. The number of carbonyl (C=O) groups excluding carboxylic acids is 6. The Bertz CT molecular complexity index is 6030. The number of aliphatic hydroxyl groups is 6. The number of benzene rings is 9. The van der Waals surface area contributed by atoms with Gasteiger partial charge in [0, 0.05) is 59.8 Å². The molecule has 0 saturated carbocycles. The second-order valence-electron chi connectivity index (χ2n) is 34.5. The maximum absolute atomic E-state index is 16.6. The van der Waals surface area contributed by atoms with E-state index in [2.05, 4.69) is 37.2 Å². The van der Waals surface area contributed by atoms with Crippen LogP contribution in [0.4, 0.5) is 26.3 Å². The molecule has 8 heterocycles. The summed E-state index contributed by atoms with van der Waals surface area (Å²) in [5.41, 5.74) is 5.62. The fourth-order valence-corrected chi connectivity index (χ4v) is 17.7. The number of hydrogen-bond donors (Lipinski definition) is 19. The summed E-state index contributed by atoms with van der Waals surface area (Å²) in [4.78, 5) is 107. The molecule has 6 amide bonds. The number of carbonyl (C=O) groups is 7. The van der Waals surface area contributed by atoms with Crippen LogP contribution in [0.25, 0.3) is 33.4 Å². The number of amides is 6. The monoisotopic (exact) mass is 1930 g/mol. The molecule has 720 valence electrons. The van der Waals surface area contributed by atoms with E-state index in [9.17, 15) is 87.0 Å². The van der Waals surface area contributed by atoms with Crippen molar-refractivity contribution in [1.82, 2.24) is 37.2 Å². The second kappa shape index (κ2) is 39.4. The second-order valence-corrected chi connectivity index (χ2v) is 35.3. The molecule has 9 aromatic rings. The Morgan fingerprint density at radius 1 is 0.559 bits per heavy atom. The number of alkyl halides is 6. The van der Waals surface area contributed by atoms with Gasteiger partial charge in [0.15, 0.2) is 36.2 Å². The highest BCUT2D eigenvalue weighted by Crippen LogP contribution is 2.52. The number of ether oxygens (including phenoxy) is 8. The van der Waals surface area contributed by atoms with E-state index < -0.39 is 301 Å². The van der Waals surface area contributed by atoms with Crippen LogP contribution in [0.5, 0.6) is 46.0 Å². The number of rotatable bonds is 18. The van der Waals surface area contributed by atoms with Gasteiger partial charge in [-0.1, -0.05) is 120 Å². The summed E-state index contributed by atoms with van der Waals surface area (Å²) in [6, 6.07) is 22.9. The van der Waals surface area contributed by atoms with Gasteiger partial charge in [-0.05, 0) is 156 Å². The van der Waals surface area contributed by atoms with E-state index >= 15 is 24.0 Å². The number of nitrogens with one attached hydrogen (secondary N) is 7. The van der Waals surface area contributed by atoms with Gasteiger partial charge in [0.25, 0.3) is 0 Å². The third-order valence-corrected chi connectivity index (χ3v) is 25.2. The lowest BCUT2D eigenvalue weighted by molar-refractivity contribution is -0.334. The van der Waals surface area contributed by atoms with Gasteiger partial charge in [0.05, 0.1) is 58.6 Å². The smallest absolute Gasteiger partial charge is 0.416 e. The van der Waals surface area contributed by atoms with Crippen molar-refractivity contribution in [2.24, 2.45) is 11.5 Å². The number of aromatic hydroxyl groups is 3. The van der Waals surface area contributed by atoms with Gasteiger partial charge < -0.3 is 132 Å². The van der Waals surface area contributed by atoms with Gasteiger partial charge >= 0.3 is 18.3 Å². The lowest BCUT2D eigenvalue weighted by Crippen LogP contribution is -2.65. The molecule has 0 unspecified atom stereocenters. The minimum atomic E-state index is -5.21. The number of carboxylic acids is 1. The lowest BCUT2D eigenvalue weighted by Gasteiger charge is -2.48. The van der Waals surface area contributed by atoms with Crippen molar-refractivity contribution < 1.29 is 149 Å². The summed E-state index contributed by atoms with van der Waals surface area (Å²) in [6.45, 7) is 4.77. The van der Waals surface area contributed by atoms with Gasteiger partial charge in [0.2, 0.25) is 47.5 Å². The Morgan fingerprint density at radius 2 is 1.12 bits per heavy atom. The van der Waals surface area contributed by atoms with Crippen LogP contribution in [0.3, 0.4) is 0 Å². The van der Waals surface area contributed by atoms with Crippen molar-refractivity contribution in [3.63, 3.8) is 0 Å². The molecule has 8 aliphatic heterocycles. The van der Waals surface area contributed by atoms with E-state index in [4.69, 9.17) is 72.6 Å². The average molecular weight is 1930 g/mol. The van der Waals surface area contributed by atoms with Crippen molar-refractivity contribution >= 4 is 64.6 Å². The number of halogens is 8. The van der Waals surface area contributed by atoms with Crippen molar-refractivity contribution in [2.75, 3.05) is 6.61 Å². The fraction of sp³-hybridized carbons (Fsp3) is 0.351. The Kier molecular flexibility index (Phi) is 28.5. The molecule has 21 atom stereocenters. The van der Waals surface area contributed by atoms with Gasteiger partial charge in [-0.2, -0.15) is 26.3 Å². The Hall–Kier alpha value is -12.3. The largest absolute Gasteiger partial charge is 0.508 e. The van der Waals surface area contributed by atoms with E-state index in [1.807, 2.05) is 54.6 Å². The minimum Gasteiger partial charge on any atom is -0.508 e. The van der Waals surface area contributed by atoms with Crippen molar-refractivity contribution in [2.45, 2.75) is 200 Å². The molecule has 42 heteroatoms. The first-order valence-electron chi connectivity index (χ1n) is 42.6. The zero-order valence-electron chi connectivity index (χ0n) is 72.2. The highest BCUT2D eigenvalue weighted by Gasteiger charge is 2.54. The van der Waals surface area contributed by atoms with Crippen LogP contribution in [0.1, 0.15) is 127 Å². The zero-order chi connectivity index (χ0) is 97.8. The fourth-order valence-electron chi connectivity index (χ4n) is 17.3. The molecule has 3 saturated heterocycles. The number of phenolic OH excluding ortho intramolecular Hbond substituents is 3. The normalized spacial score (nSPS) is 28.3. The summed E-state index contributed by atoms with van der Waals surface area (Å²) in [7, 11) is 0. The van der Waals surface area contributed by atoms with Crippen LogP contribution in [-0.4, -0.2) is 196 Å². The van der Waals surface area contributed by atoms with E-state index in [-0.39, 0.29) is 47.7 Å². The average Bonchev–Trinajstić information content (AvgIpc) is 0.755. The molecule has 8 aliphatic rings. The highest BCUT2D eigenvalue weighted by molar-refractivity contribution is 6.32. The highest BCUT2D eigenvalue weighted by atomic mass is 35.5. The predicted molar refractivity (Wildman–Crippen MR) is 469 cm³/mol. The molecule has 9 aromatic carbocycles. The number of primary amides is 1. The van der Waals surface area contributed by atoms with Crippen molar-refractivity contribution in [3.8, 4) is 79.4 Å². The molecule has 0 spiro atoms. The summed E-state index contributed by atoms with van der Waals surface area (Å²) in [5, 5.41) is 135. The first-order chi connectivity index (χ1) is 64.3. The number of aliphatic hydroxyl groups excluding tert-OH is 6. The number of carboxylic acid groups (broad SMARTS) is 1. The van der Waals surface area contributed by atoms with E-state index in [1.54, 1.807) is 13.8 Å². The molecule has 17 rings (SSSR count). The molecule has 0 radical (unpaired) electrons. The Labute approximate surface area is 780 Å². The summed E-state index contributed by atoms with van der Waals surface area (Å²) in [6.07, 6.45) is -34.2. The summed E-state index contributed by atoms with van der Waals surface area (Å²) in [5.74, 6) is -15.9. The van der Waals surface area contributed by atoms with Gasteiger partial charge in [-0.15, -0.1) is 0 Å². The number of phenols is 3. The first kappa shape index (κ1) is 98.2. The quantitative estimate of drug-likeness (QED) is 0.0357. The van der Waals surface area contributed by atoms with Crippen LogP contribution in [0, 0.1) is 0 Å². The molecule has 0 aliphatic carbocycles. The van der Waals surface area contributed by atoms with Crippen molar-refractivity contribution in [3.05, 3.63) is 236 Å². The number of hydrogen-bond acceptors (Lipinski definition) is 27. The number of fused-ring (bicyclic) bond motifs is 15. The summed E-state index contributed by atoms with van der Waals surface area (Å²) >= 11 is 14.7.